The number of anilines is 1. The van der Waals surface area contributed by atoms with E-state index in [1.807, 2.05) is 53.5 Å². The molecule has 0 spiro atoms. The molecule has 0 saturated carbocycles. The zero-order valence-corrected chi connectivity index (χ0v) is 19.0. The van der Waals surface area contributed by atoms with Crippen LogP contribution in [0.4, 0.5) is 10.5 Å². The minimum atomic E-state index is -0.361. The Morgan fingerprint density at radius 1 is 1.10 bits per heavy atom. The lowest BCUT2D eigenvalue weighted by Gasteiger charge is -2.32. The average Bonchev–Trinajstić information content (AvgIpc) is 3.33. The number of thioether (sulfide) groups is 1. The van der Waals surface area contributed by atoms with Gasteiger partial charge in [0.1, 0.15) is 5.75 Å². The molecule has 0 unspecified atom stereocenters. The lowest BCUT2D eigenvalue weighted by Crippen LogP contribution is -2.39. The van der Waals surface area contributed by atoms with Gasteiger partial charge in [-0.3, -0.25) is 4.79 Å². The van der Waals surface area contributed by atoms with Crippen molar-refractivity contribution in [2.24, 2.45) is 0 Å². The summed E-state index contributed by atoms with van der Waals surface area (Å²) in [6, 6.07) is 19.2. The molecule has 0 saturated heterocycles. The molecule has 4 rings (SSSR count). The van der Waals surface area contributed by atoms with Gasteiger partial charge in [-0.2, -0.15) is 0 Å². The summed E-state index contributed by atoms with van der Waals surface area (Å²) in [4.78, 5) is 30.6. The van der Waals surface area contributed by atoms with E-state index in [2.05, 4.69) is 17.0 Å². The Kier molecular flexibility index (Phi) is 6.94. The van der Waals surface area contributed by atoms with E-state index in [0.717, 1.165) is 35.0 Å². The van der Waals surface area contributed by atoms with Crippen LogP contribution < -0.4 is 9.64 Å². The summed E-state index contributed by atoms with van der Waals surface area (Å²) in [5.74, 6) is 1.68. The number of amides is 1. The first kappa shape index (κ1) is 21.5. The Morgan fingerprint density at radius 3 is 2.71 bits per heavy atom. The minimum Gasteiger partial charge on any atom is -0.410 e. The van der Waals surface area contributed by atoms with Crippen LogP contribution in [-0.4, -0.2) is 49.2 Å². The summed E-state index contributed by atoms with van der Waals surface area (Å²) < 4.78 is 5.40. The maximum absolute atomic E-state index is 12.4. The molecule has 1 aliphatic rings. The Hall–Kier alpha value is -2.77. The van der Waals surface area contributed by atoms with Gasteiger partial charge in [-0.1, -0.05) is 30.3 Å². The fraction of sp³-hybridized carbons (Fsp3) is 0.250. The number of carbonyl (C=O) groups is 2. The van der Waals surface area contributed by atoms with Crippen molar-refractivity contribution in [1.29, 1.82) is 0 Å². The SMILES string of the molecule is CN(CCN1CCSc2cc(CC(=O)c3cccs3)ccc21)C(=O)Oc1ccccc1. The van der Waals surface area contributed by atoms with E-state index >= 15 is 0 Å². The van der Waals surface area contributed by atoms with E-state index in [1.54, 1.807) is 24.1 Å². The summed E-state index contributed by atoms with van der Waals surface area (Å²) in [7, 11) is 1.75. The summed E-state index contributed by atoms with van der Waals surface area (Å²) >= 11 is 3.30. The van der Waals surface area contributed by atoms with Crippen molar-refractivity contribution in [3.05, 3.63) is 76.5 Å². The zero-order valence-electron chi connectivity index (χ0n) is 17.3. The number of ketones is 1. The summed E-state index contributed by atoms with van der Waals surface area (Å²) in [5.41, 5.74) is 2.20. The maximum Gasteiger partial charge on any atom is 0.415 e. The highest BCUT2D eigenvalue weighted by atomic mass is 32.2. The van der Waals surface area contributed by atoms with Crippen molar-refractivity contribution in [3.8, 4) is 5.75 Å². The zero-order chi connectivity index (χ0) is 21.6. The van der Waals surface area contributed by atoms with Crippen LogP contribution in [0.1, 0.15) is 15.2 Å². The largest absolute Gasteiger partial charge is 0.415 e. The van der Waals surface area contributed by atoms with Gasteiger partial charge in [-0.25, -0.2) is 4.79 Å². The standard InChI is InChI=1S/C24H24N2O3S2/c1-25(24(28)29-19-6-3-2-4-7-19)11-12-26-13-15-31-23-17-18(9-10-20(23)26)16-21(27)22-8-5-14-30-22/h2-10,14,17H,11-13,15-16H2,1H3. The lowest BCUT2D eigenvalue weighted by molar-refractivity contribution is 0.0996. The third kappa shape index (κ3) is 5.48. The van der Waals surface area contributed by atoms with E-state index in [9.17, 15) is 9.59 Å². The molecule has 1 aromatic heterocycles. The predicted octanol–water partition coefficient (Wildman–Crippen LogP) is 5.22. The second-order valence-electron chi connectivity index (χ2n) is 7.32. The number of fused-ring (bicyclic) bond motifs is 1. The van der Waals surface area contributed by atoms with Crippen LogP contribution in [0, 0.1) is 0 Å². The van der Waals surface area contributed by atoms with Crippen LogP contribution in [0.15, 0.2) is 70.9 Å². The van der Waals surface area contributed by atoms with E-state index in [0.29, 0.717) is 18.7 Å². The van der Waals surface area contributed by atoms with Crippen molar-refractivity contribution < 1.29 is 14.3 Å². The molecule has 160 valence electrons. The molecule has 0 aliphatic carbocycles. The quantitative estimate of drug-likeness (QED) is 0.460. The van der Waals surface area contributed by atoms with Gasteiger partial charge in [-0.05, 0) is 41.3 Å². The second-order valence-corrected chi connectivity index (χ2v) is 9.40. The monoisotopic (exact) mass is 452 g/mol. The highest BCUT2D eigenvalue weighted by Gasteiger charge is 2.20. The number of thiophene rings is 1. The van der Waals surface area contributed by atoms with E-state index in [4.69, 9.17) is 4.74 Å². The third-order valence-corrected chi connectivity index (χ3v) is 7.05. The van der Waals surface area contributed by atoms with Crippen LogP contribution in [0.5, 0.6) is 5.75 Å². The van der Waals surface area contributed by atoms with Gasteiger partial charge in [0, 0.05) is 43.8 Å². The Morgan fingerprint density at radius 2 is 1.94 bits per heavy atom. The number of rotatable bonds is 7. The number of likely N-dealkylation sites (N-methyl/N-ethyl adjacent to an activating group) is 1. The van der Waals surface area contributed by atoms with Crippen molar-refractivity contribution >= 4 is 40.7 Å². The Bertz CT molecular complexity index is 1040. The van der Waals surface area contributed by atoms with Gasteiger partial charge in [0.2, 0.25) is 0 Å². The van der Waals surface area contributed by atoms with Crippen molar-refractivity contribution in [2.45, 2.75) is 11.3 Å². The molecule has 1 aliphatic heterocycles. The second kappa shape index (κ2) is 10.0. The number of ether oxygens (including phenoxy) is 1. The van der Waals surface area contributed by atoms with Gasteiger partial charge < -0.3 is 14.5 Å². The van der Waals surface area contributed by atoms with Crippen LogP contribution in [0.25, 0.3) is 0 Å². The van der Waals surface area contributed by atoms with Gasteiger partial charge >= 0.3 is 6.09 Å². The first-order valence-corrected chi connectivity index (χ1v) is 12.0. The minimum absolute atomic E-state index is 0.158. The third-order valence-electron chi connectivity index (χ3n) is 5.11. The van der Waals surface area contributed by atoms with Crippen LogP contribution in [0.3, 0.4) is 0 Å². The molecule has 0 atom stereocenters. The van der Waals surface area contributed by atoms with E-state index in [1.165, 1.54) is 16.2 Å². The van der Waals surface area contributed by atoms with E-state index in [-0.39, 0.29) is 11.9 Å². The summed E-state index contributed by atoms with van der Waals surface area (Å²) in [6.45, 7) is 2.21. The number of hydrogen-bond donors (Lipinski definition) is 0. The van der Waals surface area contributed by atoms with Crippen molar-refractivity contribution in [1.82, 2.24) is 4.90 Å². The fourth-order valence-corrected chi connectivity index (χ4v) is 5.18. The van der Waals surface area contributed by atoms with Crippen LogP contribution >= 0.6 is 23.1 Å². The summed E-state index contributed by atoms with van der Waals surface area (Å²) in [6.07, 6.45) is 0.0582. The normalized spacial score (nSPS) is 12.9. The molecule has 0 fully saturated rings. The molecule has 5 nitrogen and oxygen atoms in total. The van der Waals surface area contributed by atoms with Gasteiger partial charge in [0.05, 0.1) is 10.6 Å². The number of benzene rings is 2. The molecule has 0 N–H and O–H groups in total. The smallest absolute Gasteiger partial charge is 0.410 e. The highest BCUT2D eigenvalue weighted by molar-refractivity contribution is 7.99. The lowest BCUT2D eigenvalue weighted by atomic mass is 10.1. The fourth-order valence-electron chi connectivity index (χ4n) is 3.40. The predicted molar refractivity (Wildman–Crippen MR) is 127 cm³/mol. The molecule has 1 amide bonds. The molecular formula is C24H24N2O3S2. The van der Waals surface area contributed by atoms with Crippen molar-refractivity contribution in [3.63, 3.8) is 0 Å². The number of Topliss-reactive ketones (excluding diaryl/α,β-unsaturated/α-hetero) is 1. The molecular weight excluding hydrogens is 428 g/mol. The first-order valence-electron chi connectivity index (χ1n) is 10.2. The van der Waals surface area contributed by atoms with Crippen LogP contribution in [-0.2, 0) is 6.42 Å². The molecule has 2 aromatic carbocycles. The Labute approximate surface area is 190 Å². The molecule has 7 heteroatoms. The molecule has 2 heterocycles. The Balaban J connectivity index is 1.35. The number of para-hydroxylation sites is 1. The molecule has 3 aromatic rings. The average molecular weight is 453 g/mol. The van der Waals surface area contributed by atoms with Crippen molar-refractivity contribution in [2.75, 3.05) is 37.3 Å². The highest BCUT2D eigenvalue weighted by Crippen LogP contribution is 2.35. The molecule has 0 radical (unpaired) electrons. The van der Waals surface area contributed by atoms with Crippen LogP contribution in [0.2, 0.25) is 0 Å². The molecule has 0 bridgehead atoms. The first-order chi connectivity index (χ1) is 15.1. The molecule has 31 heavy (non-hydrogen) atoms. The van der Waals surface area contributed by atoms with Gasteiger partial charge in [-0.15, -0.1) is 23.1 Å². The van der Waals surface area contributed by atoms with E-state index < -0.39 is 0 Å². The number of nitrogens with zero attached hydrogens (tertiary/aromatic N) is 2. The topological polar surface area (TPSA) is 49.9 Å². The summed E-state index contributed by atoms with van der Waals surface area (Å²) in [5, 5.41) is 1.93. The maximum atomic E-state index is 12.4. The number of hydrogen-bond acceptors (Lipinski definition) is 6. The van der Waals surface area contributed by atoms with Gasteiger partial charge in [0.25, 0.3) is 0 Å². The number of carbonyl (C=O) groups excluding carboxylic acids is 2. The van der Waals surface area contributed by atoms with Gasteiger partial charge in [0.15, 0.2) is 5.78 Å².